The Balaban J connectivity index is 1.66. The summed E-state index contributed by atoms with van der Waals surface area (Å²) < 4.78 is 9.14. The standard InChI is InChI=1S/C16H14BrClN6O3/c1-23-14(15(19)25)12(7-20-23)21-16(26)11-4-5-24(22-11)8-27-13-3-2-9(17)6-10(13)18/h2-7H,8H2,1H3,(H2,19,25)(H,21,26). The van der Waals surface area contributed by atoms with Crippen LogP contribution in [0.25, 0.3) is 0 Å². The molecule has 3 N–H and O–H groups in total. The van der Waals surface area contributed by atoms with E-state index in [4.69, 9.17) is 22.1 Å². The zero-order valence-corrected chi connectivity index (χ0v) is 16.4. The van der Waals surface area contributed by atoms with Crippen LogP contribution >= 0.6 is 27.5 Å². The van der Waals surface area contributed by atoms with Crippen molar-refractivity contribution >= 4 is 45.0 Å². The van der Waals surface area contributed by atoms with Crippen molar-refractivity contribution in [2.24, 2.45) is 12.8 Å². The highest BCUT2D eigenvalue weighted by Gasteiger charge is 2.18. The average Bonchev–Trinajstić information content (AvgIpc) is 3.21. The Morgan fingerprint density at radius 3 is 2.85 bits per heavy atom. The van der Waals surface area contributed by atoms with Gasteiger partial charge in [0.25, 0.3) is 11.8 Å². The number of halogens is 2. The number of anilines is 1. The van der Waals surface area contributed by atoms with E-state index in [1.165, 1.54) is 21.6 Å². The fourth-order valence-electron chi connectivity index (χ4n) is 2.29. The quantitative estimate of drug-likeness (QED) is 0.594. The van der Waals surface area contributed by atoms with Crippen molar-refractivity contribution in [3.63, 3.8) is 0 Å². The van der Waals surface area contributed by atoms with E-state index in [9.17, 15) is 9.59 Å². The van der Waals surface area contributed by atoms with Gasteiger partial charge >= 0.3 is 0 Å². The lowest BCUT2D eigenvalue weighted by Crippen LogP contribution is -2.20. The van der Waals surface area contributed by atoms with Gasteiger partial charge < -0.3 is 15.8 Å². The van der Waals surface area contributed by atoms with Crippen LogP contribution in [0, 0.1) is 0 Å². The third kappa shape index (κ3) is 4.29. The van der Waals surface area contributed by atoms with E-state index in [-0.39, 0.29) is 23.8 Å². The molecule has 0 radical (unpaired) electrons. The Labute approximate surface area is 167 Å². The van der Waals surface area contributed by atoms with E-state index in [0.717, 1.165) is 4.47 Å². The molecule has 27 heavy (non-hydrogen) atoms. The summed E-state index contributed by atoms with van der Waals surface area (Å²) in [5.74, 6) is -0.718. The van der Waals surface area contributed by atoms with Crippen LogP contribution in [0.3, 0.4) is 0 Å². The topological polar surface area (TPSA) is 117 Å². The Bertz CT molecular complexity index is 1020. The second-order valence-corrected chi connectivity index (χ2v) is 6.76. The minimum Gasteiger partial charge on any atom is -0.470 e. The van der Waals surface area contributed by atoms with E-state index < -0.39 is 11.8 Å². The van der Waals surface area contributed by atoms with E-state index in [1.807, 2.05) is 0 Å². The summed E-state index contributed by atoms with van der Waals surface area (Å²) in [4.78, 5) is 23.8. The molecule has 0 unspecified atom stereocenters. The molecule has 2 heterocycles. The van der Waals surface area contributed by atoms with Crippen molar-refractivity contribution in [3.8, 4) is 5.75 Å². The number of primary amides is 1. The van der Waals surface area contributed by atoms with Crippen molar-refractivity contribution in [1.82, 2.24) is 19.6 Å². The van der Waals surface area contributed by atoms with Gasteiger partial charge in [-0.15, -0.1) is 0 Å². The van der Waals surface area contributed by atoms with Crippen molar-refractivity contribution in [2.75, 3.05) is 5.32 Å². The Morgan fingerprint density at radius 2 is 2.15 bits per heavy atom. The second kappa shape index (κ2) is 7.80. The molecule has 0 spiro atoms. The number of rotatable bonds is 6. The van der Waals surface area contributed by atoms with Gasteiger partial charge in [0.2, 0.25) is 0 Å². The molecule has 0 saturated heterocycles. The summed E-state index contributed by atoms with van der Waals surface area (Å²) in [5.41, 5.74) is 5.74. The van der Waals surface area contributed by atoms with Crippen LogP contribution < -0.4 is 15.8 Å². The molecular weight excluding hydrogens is 440 g/mol. The van der Waals surface area contributed by atoms with Crippen LogP contribution in [0.4, 0.5) is 5.69 Å². The summed E-state index contributed by atoms with van der Waals surface area (Å²) >= 11 is 9.41. The van der Waals surface area contributed by atoms with E-state index in [1.54, 1.807) is 31.4 Å². The van der Waals surface area contributed by atoms with Gasteiger partial charge in [-0.1, -0.05) is 27.5 Å². The molecule has 0 aliphatic rings. The van der Waals surface area contributed by atoms with Gasteiger partial charge in [-0.3, -0.25) is 14.3 Å². The van der Waals surface area contributed by atoms with Gasteiger partial charge in [0.15, 0.2) is 12.4 Å². The molecule has 2 amide bonds. The number of aromatic nitrogens is 4. The first kappa shape index (κ1) is 18.9. The molecule has 0 atom stereocenters. The van der Waals surface area contributed by atoms with Gasteiger partial charge in [0.05, 0.1) is 16.9 Å². The molecular formula is C16H14BrClN6O3. The maximum absolute atomic E-state index is 12.3. The molecule has 3 aromatic rings. The van der Waals surface area contributed by atoms with E-state index >= 15 is 0 Å². The molecule has 9 nitrogen and oxygen atoms in total. The van der Waals surface area contributed by atoms with E-state index in [2.05, 4.69) is 31.4 Å². The summed E-state index contributed by atoms with van der Waals surface area (Å²) in [6.07, 6.45) is 2.92. The molecule has 2 aromatic heterocycles. The molecule has 0 bridgehead atoms. The summed E-state index contributed by atoms with van der Waals surface area (Å²) in [6, 6.07) is 6.75. The number of benzene rings is 1. The van der Waals surface area contributed by atoms with Crippen LogP contribution in [0.15, 0.2) is 41.1 Å². The lowest BCUT2D eigenvalue weighted by molar-refractivity contribution is 0.0992. The zero-order valence-electron chi connectivity index (χ0n) is 14.0. The third-order valence-corrected chi connectivity index (χ3v) is 4.33. The van der Waals surface area contributed by atoms with Crippen LogP contribution in [0.2, 0.25) is 5.02 Å². The number of nitrogens with two attached hydrogens (primary N) is 1. The maximum atomic E-state index is 12.3. The highest BCUT2D eigenvalue weighted by molar-refractivity contribution is 9.10. The fraction of sp³-hybridized carbons (Fsp3) is 0.125. The minimum atomic E-state index is -0.699. The van der Waals surface area contributed by atoms with Gasteiger partial charge in [-0.05, 0) is 24.3 Å². The first-order valence-corrected chi connectivity index (χ1v) is 8.76. The SMILES string of the molecule is Cn1ncc(NC(=O)c2ccn(COc3ccc(Br)cc3Cl)n2)c1C(N)=O. The molecule has 11 heteroatoms. The molecule has 0 aliphatic heterocycles. The molecule has 1 aromatic carbocycles. The number of ether oxygens (including phenoxy) is 1. The van der Waals surface area contributed by atoms with Crippen molar-refractivity contribution in [1.29, 1.82) is 0 Å². The van der Waals surface area contributed by atoms with Crippen LogP contribution in [-0.4, -0.2) is 31.4 Å². The Kier molecular flexibility index (Phi) is 5.47. The largest absolute Gasteiger partial charge is 0.470 e. The van der Waals surface area contributed by atoms with Gasteiger partial charge in [0, 0.05) is 17.7 Å². The number of nitrogens with one attached hydrogen (secondary N) is 1. The van der Waals surface area contributed by atoms with Crippen LogP contribution in [-0.2, 0) is 13.8 Å². The lowest BCUT2D eigenvalue weighted by Gasteiger charge is -2.08. The molecule has 0 fully saturated rings. The van der Waals surface area contributed by atoms with Crippen molar-refractivity contribution in [3.05, 3.63) is 57.5 Å². The third-order valence-electron chi connectivity index (χ3n) is 3.54. The molecule has 0 saturated carbocycles. The summed E-state index contributed by atoms with van der Waals surface area (Å²) in [5, 5.41) is 11.1. The monoisotopic (exact) mass is 452 g/mol. The maximum Gasteiger partial charge on any atom is 0.276 e. The lowest BCUT2D eigenvalue weighted by atomic mass is 10.3. The Hall–Kier alpha value is -2.85. The van der Waals surface area contributed by atoms with E-state index in [0.29, 0.717) is 10.8 Å². The first-order chi connectivity index (χ1) is 12.8. The first-order valence-electron chi connectivity index (χ1n) is 7.59. The van der Waals surface area contributed by atoms with Crippen LogP contribution in [0.5, 0.6) is 5.75 Å². The minimum absolute atomic E-state index is 0.0636. The van der Waals surface area contributed by atoms with Crippen LogP contribution in [0.1, 0.15) is 21.0 Å². The fourth-order valence-corrected chi connectivity index (χ4v) is 3.02. The number of nitrogens with zero attached hydrogens (tertiary/aromatic N) is 4. The highest BCUT2D eigenvalue weighted by Crippen LogP contribution is 2.27. The number of amides is 2. The number of carbonyl (C=O) groups excluding carboxylic acids is 2. The summed E-state index contributed by atoms with van der Waals surface area (Å²) in [7, 11) is 1.55. The van der Waals surface area contributed by atoms with Gasteiger partial charge in [0.1, 0.15) is 11.4 Å². The molecule has 0 aliphatic carbocycles. The number of hydrogen-bond donors (Lipinski definition) is 2. The van der Waals surface area contributed by atoms with Crippen molar-refractivity contribution in [2.45, 2.75) is 6.73 Å². The normalized spacial score (nSPS) is 10.6. The predicted molar refractivity (Wildman–Crippen MR) is 102 cm³/mol. The molecule has 140 valence electrons. The Morgan fingerprint density at radius 1 is 1.37 bits per heavy atom. The smallest absolute Gasteiger partial charge is 0.276 e. The van der Waals surface area contributed by atoms with Crippen molar-refractivity contribution < 1.29 is 14.3 Å². The summed E-state index contributed by atoms with van der Waals surface area (Å²) in [6.45, 7) is 0.0636. The number of hydrogen-bond acceptors (Lipinski definition) is 5. The predicted octanol–water partition coefficient (Wildman–Crippen LogP) is 2.42. The second-order valence-electron chi connectivity index (χ2n) is 5.44. The zero-order chi connectivity index (χ0) is 19.6. The molecule has 3 rings (SSSR count). The average molecular weight is 454 g/mol. The van der Waals surface area contributed by atoms with Gasteiger partial charge in [-0.2, -0.15) is 10.2 Å². The van der Waals surface area contributed by atoms with Gasteiger partial charge in [-0.25, -0.2) is 4.68 Å². The number of aryl methyl sites for hydroxylation is 1. The number of carbonyl (C=O) groups is 2. The highest BCUT2D eigenvalue weighted by atomic mass is 79.9.